The molecule has 148 valence electrons. The van der Waals surface area contributed by atoms with Gasteiger partial charge in [0.05, 0.1) is 5.52 Å². The summed E-state index contributed by atoms with van der Waals surface area (Å²) >= 11 is 5.87. The summed E-state index contributed by atoms with van der Waals surface area (Å²) < 4.78 is 0. The predicted octanol–water partition coefficient (Wildman–Crippen LogP) is 3.62. The van der Waals surface area contributed by atoms with Crippen LogP contribution in [0.5, 0.6) is 5.75 Å². The first-order chi connectivity index (χ1) is 14.0. The lowest BCUT2D eigenvalue weighted by atomic mass is 9.88. The van der Waals surface area contributed by atoms with Crippen molar-refractivity contribution in [2.75, 3.05) is 13.1 Å². The van der Waals surface area contributed by atoms with Crippen molar-refractivity contribution in [3.63, 3.8) is 0 Å². The molecule has 0 bridgehead atoms. The summed E-state index contributed by atoms with van der Waals surface area (Å²) in [6, 6.07) is 13.5. The number of hydrogen-bond acceptors (Lipinski definition) is 4. The second kappa shape index (κ2) is 7.72. The van der Waals surface area contributed by atoms with Gasteiger partial charge in [0.1, 0.15) is 11.3 Å². The fraction of sp³-hybridized carbons (Fsp3) is 0.227. The average molecular weight is 411 g/mol. The topological polar surface area (TPSA) is 90.5 Å². The molecule has 2 aromatic carbocycles. The van der Waals surface area contributed by atoms with Gasteiger partial charge in [-0.05, 0) is 49.2 Å². The quantitative estimate of drug-likeness (QED) is 0.645. The van der Waals surface area contributed by atoms with Crippen molar-refractivity contribution < 1.29 is 14.7 Å². The first kappa shape index (κ1) is 19.2. The molecule has 0 spiro atoms. The number of aromatic nitrogens is 1. The van der Waals surface area contributed by atoms with E-state index in [0.717, 1.165) is 0 Å². The number of aromatic amines is 1. The summed E-state index contributed by atoms with van der Waals surface area (Å²) in [4.78, 5) is 42.1. The number of para-hydroxylation sites is 1. The largest absolute Gasteiger partial charge is 0.506 e. The SMILES string of the molecule is O=C(c1ccc(Cl)cc1)C1CCN(C(=O)c2c(O)c3ccccc3[nH]c2=O)CC1. The minimum atomic E-state index is -0.620. The number of aromatic hydroxyl groups is 1. The molecule has 0 aliphatic carbocycles. The molecule has 3 aromatic rings. The highest BCUT2D eigenvalue weighted by Crippen LogP contribution is 2.28. The van der Waals surface area contributed by atoms with E-state index >= 15 is 0 Å². The number of piperidine rings is 1. The Morgan fingerprint density at radius 3 is 2.38 bits per heavy atom. The maximum Gasteiger partial charge on any atom is 0.265 e. The number of amides is 1. The Morgan fingerprint density at radius 1 is 1.03 bits per heavy atom. The standard InChI is InChI=1S/C22H19ClN2O4/c23-15-7-5-13(6-8-15)19(26)14-9-11-25(12-10-14)22(29)18-20(27)16-3-1-2-4-17(16)24-21(18)28/h1-8,14H,9-12H2,(H2,24,27,28). The molecule has 1 amide bonds. The number of carbonyl (C=O) groups is 2. The van der Waals surface area contributed by atoms with Crippen LogP contribution in [-0.4, -0.2) is 39.8 Å². The number of likely N-dealkylation sites (tertiary alicyclic amines) is 1. The Bertz CT molecular complexity index is 1150. The van der Waals surface area contributed by atoms with Gasteiger partial charge in [-0.15, -0.1) is 0 Å². The van der Waals surface area contributed by atoms with Crippen LogP contribution in [-0.2, 0) is 0 Å². The van der Waals surface area contributed by atoms with Crippen LogP contribution in [0.1, 0.15) is 33.6 Å². The number of pyridine rings is 1. The molecule has 0 atom stereocenters. The highest BCUT2D eigenvalue weighted by molar-refractivity contribution is 6.30. The van der Waals surface area contributed by atoms with Crippen molar-refractivity contribution in [2.24, 2.45) is 5.92 Å². The number of benzene rings is 2. The number of nitrogens with one attached hydrogen (secondary N) is 1. The molecule has 1 aromatic heterocycles. The number of Topliss-reactive ketones (excluding diaryl/α,β-unsaturated/α-hetero) is 1. The van der Waals surface area contributed by atoms with Crippen molar-refractivity contribution >= 4 is 34.2 Å². The maximum absolute atomic E-state index is 12.9. The number of carbonyl (C=O) groups excluding carboxylic acids is 2. The van der Waals surface area contributed by atoms with E-state index in [1.165, 1.54) is 4.90 Å². The predicted molar refractivity (Wildman–Crippen MR) is 111 cm³/mol. The average Bonchev–Trinajstić information content (AvgIpc) is 2.74. The van der Waals surface area contributed by atoms with Crippen LogP contribution in [0.15, 0.2) is 53.3 Å². The Balaban J connectivity index is 1.51. The van der Waals surface area contributed by atoms with Gasteiger partial charge in [-0.3, -0.25) is 14.4 Å². The fourth-order valence-electron chi connectivity index (χ4n) is 3.78. The van der Waals surface area contributed by atoms with Crippen LogP contribution in [0.25, 0.3) is 10.9 Å². The Labute approximate surface area is 171 Å². The minimum Gasteiger partial charge on any atom is -0.506 e. The highest BCUT2D eigenvalue weighted by atomic mass is 35.5. The second-order valence-corrected chi connectivity index (χ2v) is 7.60. The summed E-state index contributed by atoms with van der Waals surface area (Å²) in [7, 11) is 0. The number of nitrogens with zero attached hydrogens (tertiary/aromatic N) is 1. The first-order valence-corrected chi connectivity index (χ1v) is 9.76. The molecular weight excluding hydrogens is 392 g/mol. The van der Waals surface area contributed by atoms with E-state index in [1.54, 1.807) is 48.5 Å². The van der Waals surface area contributed by atoms with Gasteiger partial charge >= 0.3 is 0 Å². The number of hydrogen-bond donors (Lipinski definition) is 2. The van der Waals surface area contributed by atoms with Crippen LogP contribution < -0.4 is 5.56 Å². The lowest BCUT2D eigenvalue weighted by molar-refractivity contribution is 0.0646. The molecule has 0 unspecified atom stereocenters. The molecule has 1 saturated heterocycles. The van der Waals surface area contributed by atoms with Crippen molar-refractivity contribution in [3.05, 3.63) is 75.0 Å². The lowest BCUT2D eigenvalue weighted by Crippen LogP contribution is -2.42. The normalized spacial score (nSPS) is 14.9. The third-order valence-electron chi connectivity index (χ3n) is 5.39. The molecule has 2 N–H and O–H groups in total. The summed E-state index contributed by atoms with van der Waals surface area (Å²) in [5.74, 6) is -0.996. The molecule has 1 aliphatic rings. The summed E-state index contributed by atoms with van der Waals surface area (Å²) in [6.45, 7) is 0.684. The number of H-pyrrole nitrogens is 1. The van der Waals surface area contributed by atoms with E-state index in [4.69, 9.17) is 11.6 Å². The molecule has 4 rings (SSSR count). The third kappa shape index (κ3) is 3.63. The number of fused-ring (bicyclic) bond motifs is 1. The highest BCUT2D eigenvalue weighted by Gasteiger charge is 2.31. The van der Waals surface area contributed by atoms with Gasteiger partial charge in [-0.1, -0.05) is 23.7 Å². The third-order valence-corrected chi connectivity index (χ3v) is 5.64. The monoisotopic (exact) mass is 410 g/mol. The van der Waals surface area contributed by atoms with E-state index in [1.807, 2.05) is 0 Å². The Hall–Kier alpha value is -3.12. The van der Waals surface area contributed by atoms with Gasteiger partial charge in [0.2, 0.25) is 0 Å². The van der Waals surface area contributed by atoms with Crippen LogP contribution in [0.4, 0.5) is 0 Å². The molecule has 2 heterocycles. The van der Waals surface area contributed by atoms with Crippen LogP contribution in [0.3, 0.4) is 0 Å². The van der Waals surface area contributed by atoms with E-state index < -0.39 is 11.5 Å². The molecule has 1 fully saturated rings. The van der Waals surface area contributed by atoms with Crippen molar-refractivity contribution in [1.82, 2.24) is 9.88 Å². The van der Waals surface area contributed by atoms with Crippen LogP contribution in [0.2, 0.25) is 5.02 Å². The zero-order chi connectivity index (χ0) is 20.5. The Kier molecular flexibility index (Phi) is 5.11. The number of rotatable bonds is 3. The molecule has 6 nitrogen and oxygen atoms in total. The fourth-order valence-corrected chi connectivity index (χ4v) is 3.90. The van der Waals surface area contributed by atoms with Gasteiger partial charge in [0.15, 0.2) is 5.78 Å². The summed E-state index contributed by atoms with van der Waals surface area (Å²) in [5.41, 5.74) is 0.193. The van der Waals surface area contributed by atoms with Crippen molar-refractivity contribution in [3.8, 4) is 5.75 Å². The lowest BCUT2D eigenvalue weighted by Gasteiger charge is -2.31. The Morgan fingerprint density at radius 2 is 1.69 bits per heavy atom. The number of ketones is 1. The van der Waals surface area contributed by atoms with E-state index in [-0.39, 0.29) is 23.0 Å². The minimum absolute atomic E-state index is 0.0279. The summed E-state index contributed by atoms with van der Waals surface area (Å²) in [5, 5.41) is 11.5. The maximum atomic E-state index is 12.9. The van der Waals surface area contributed by atoms with Gasteiger partial charge in [-0.2, -0.15) is 0 Å². The van der Waals surface area contributed by atoms with Crippen molar-refractivity contribution in [2.45, 2.75) is 12.8 Å². The summed E-state index contributed by atoms with van der Waals surface area (Å²) in [6.07, 6.45) is 0.999. The van der Waals surface area contributed by atoms with E-state index in [2.05, 4.69) is 4.98 Å². The van der Waals surface area contributed by atoms with Crippen molar-refractivity contribution in [1.29, 1.82) is 0 Å². The van der Waals surface area contributed by atoms with Gasteiger partial charge in [-0.25, -0.2) is 0 Å². The molecule has 0 saturated carbocycles. The van der Waals surface area contributed by atoms with Gasteiger partial charge in [0, 0.05) is 35.0 Å². The van der Waals surface area contributed by atoms with Gasteiger partial charge in [0.25, 0.3) is 11.5 Å². The first-order valence-electron chi connectivity index (χ1n) is 9.38. The zero-order valence-corrected chi connectivity index (χ0v) is 16.3. The van der Waals surface area contributed by atoms with E-state index in [0.29, 0.717) is 47.4 Å². The molecule has 0 radical (unpaired) electrons. The molecular formula is C22H19ClN2O4. The molecule has 7 heteroatoms. The van der Waals surface area contributed by atoms with Crippen LogP contribution in [0, 0.1) is 5.92 Å². The molecule has 29 heavy (non-hydrogen) atoms. The second-order valence-electron chi connectivity index (χ2n) is 7.16. The number of halogens is 1. The van der Waals surface area contributed by atoms with E-state index in [9.17, 15) is 19.5 Å². The molecule has 1 aliphatic heterocycles. The smallest absolute Gasteiger partial charge is 0.265 e. The zero-order valence-electron chi connectivity index (χ0n) is 15.5. The van der Waals surface area contributed by atoms with Gasteiger partial charge < -0.3 is 15.0 Å². The van der Waals surface area contributed by atoms with Crippen LogP contribution >= 0.6 is 11.6 Å².